The van der Waals surface area contributed by atoms with E-state index in [2.05, 4.69) is 10.6 Å². The van der Waals surface area contributed by atoms with Crippen LogP contribution in [0.3, 0.4) is 0 Å². The van der Waals surface area contributed by atoms with Crippen LogP contribution in [0.15, 0.2) is 54.6 Å². The fourth-order valence-electron chi connectivity index (χ4n) is 2.57. The molecule has 5 heteroatoms. The Morgan fingerprint density at radius 2 is 1.78 bits per heavy atom. The summed E-state index contributed by atoms with van der Waals surface area (Å²) in [6, 6.07) is 14.9. The number of benzene rings is 2. The van der Waals surface area contributed by atoms with Crippen LogP contribution in [0.5, 0.6) is 11.5 Å². The lowest BCUT2D eigenvalue weighted by Gasteiger charge is -2.25. The van der Waals surface area contributed by atoms with E-state index in [1.54, 1.807) is 20.3 Å². The fourth-order valence-corrected chi connectivity index (χ4v) is 2.57. The molecule has 0 saturated heterocycles. The summed E-state index contributed by atoms with van der Waals surface area (Å²) in [5.74, 6) is 1.34. The van der Waals surface area contributed by atoms with Gasteiger partial charge in [-0.2, -0.15) is 0 Å². The monoisotopic (exact) mass is 310 g/mol. The summed E-state index contributed by atoms with van der Waals surface area (Å²) < 4.78 is 10.6. The number of carbonyl (C=O) groups excluding carboxylic acids is 1. The molecular weight excluding hydrogens is 292 g/mol. The van der Waals surface area contributed by atoms with Gasteiger partial charge in [-0.1, -0.05) is 30.3 Å². The number of methoxy groups -OCH3 is 2. The second-order valence-corrected chi connectivity index (χ2v) is 5.13. The Bertz CT molecular complexity index is 741. The number of rotatable bonds is 4. The molecule has 1 unspecified atom stereocenters. The van der Waals surface area contributed by atoms with Gasteiger partial charge in [-0.05, 0) is 23.8 Å². The maximum absolute atomic E-state index is 12.0. The predicted molar refractivity (Wildman–Crippen MR) is 88.4 cm³/mol. The van der Waals surface area contributed by atoms with Gasteiger partial charge in [0.1, 0.15) is 11.5 Å². The molecule has 5 nitrogen and oxygen atoms in total. The van der Waals surface area contributed by atoms with Gasteiger partial charge in [0.15, 0.2) is 0 Å². The predicted octanol–water partition coefficient (Wildman–Crippen LogP) is 3.10. The molecule has 23 heavy (non-hydrogen) atoms. The van der Waals surface area contributed by atoms with E-state index in [0.717, 1.165) is 11.1 Å². The van der Waals surface area contributed by atoms with E-state index in [9.17, 15) is 4.79 Å². The molecule has 3 rings (SSSR count). The molecule has 0 bridgehead atoms. The van der Waals surface area contributed by atoms with E-state index < -0.39 is 0 Å². The molecule has 2 aromatic rings. The number of ether oxygens (including phenoxy) is 2. The Morgan fingerprint density at radius 1 is 1.00 bits per heavy atom. The van der Waals surface area contributed by atoms with Crippen molar-refractivity contribution < 1.29 is 14.3 Å². The SMILES string of the molecule is COc1ccc(C2=CC(c3ccccc3)NC(=O)N2)c(OC)c1. The highest BCUT2D eigenvalue weighted by atomic mass is 16.5. The molecule has 2 amide bonds. The molecule has 0 aliphatic carbocycles. The van der Waals surface area contributed by atoms with Gasteiger partial charge in [-0.15, -0.1) is 0 Å². The molecule has 0 spiro atoms. The number of nitrogens with one attached hydrogen (secondary N) is 2. The van der Waals surface area contributed by atoms with Crippen molar-refractivity contribution in [2.45, 2.75) is 6.04 Å². The summed E-state index contributed by atoms with van der Waals surface area (Å²) in [4.78, 5) is 12.0. The van der Waals surface area contributed by atoms with Crippen molar-refractivity contribution in [3.8, 4) is 11.5 Å². The highest BCUT2D eigenvalue weighted by Gasteiger charge is 2.22. The summed E-state index contributed by atoms with van der Waals surface area (Å²) in [5, 5.41) is 5.74. The van der Waals surface area contributed by atoms with Crippen molar-refractivity contribution in [3.63, 3.8) is 0 Å². The van der Waals surface area contributed by atoms with Crippen LogP contribution in [0.1, 0.15) is 17.2 Å². The molecule has 118 valence electrons. The number of carbonyl (C=O) groups is 1. The lowest BCUT2D eigenvalue weighted by atomic mass is 10.0. The molecule has 0 aromatic heterocycles. The summed E-state index contributed by atoms with van der Waals surface area (Å²) in [7, 11) is 3.20. The zero-order chi connectivity index (χ0) is 16.2. The van der Waals surface area contributed by atoms with Gasteiger partial charge in [-0.25, -0.2) is 4.79 Å². The van der Waals surface area contributed by atoms with Crippen molar-refractivity contribution in [1.82, 2.24) is 10.6 Å². The third-order valence-corrected chi connectivity index (χ3v) is 3.73. The summed E-state index contributed by atoms with van der Waals surface area (Å²) in [5.41, 5.74) is 2.54. The Labute approximate surface area is 134 Å². The highest BCUT2D eigenvalue weighted by Crippen LogP contribution is 2.31. The van der Waals surface area contributed by atoms with Crippen LogP contribution in [-0.4, -0.2) is 20.3 Å². The van der Waals surface area contributed by atoms with E-state index in [-0.39, 0.29) is 12.1 Å². The second-order valence-electron chi connectivity index (χ2n) is 5.13. The highest BCUT2D eigenvalue weighted by molar-refractivity contribution is 5.89. The Kier molecular flexibility index (Phi) is 4.19. The summed E-state index contributed by atoms with van der Waals surface area (Å²) >= 11 is 0. The van der Waals surface area contributed by atoms with E-state index in [1.807, 2.05) is 48.5 Å². The standard InChI is InChI=1S/C18H18N2O3/c1-22-13-8-9-14(17(10-13)23-2)16-11-15(19-18(21)20-16)12-6-4-3-5-7-12/h3-11,15H,1-2H3,(H2,19,20,21). The van der Waals surface area contributed by atoms with Gasteiger partial charge >= 0.3 is 6.03 Å². The molecular formula is C18H18N2O3. The number of hydrogen-bond acceptors (Lipinski definition) is 3. The minimum atomic E-state index is -0.241. The Balaban J connectivity index is 2.01. The van der Waals surface area contributed by atoms with Crippen LogP contribution >= 0.6 is 0 Å². The molecule has 0 saturated carbocycles. The maximum atomic E-state index is 12.0. The fraction of sp³-hybridized carbons (Fsp3) is 0.167. The minimum absolute atomic E-state index is 0.188. The molecule has 0 radical (unpaired) electrons. The molecule has 1 aliphatic rings. The molecule has 2 N–H and O–H groups in total. The minimum Gasteiger partial charge on any atom is -0.497 e. The quantitative estimate of drug-likeness (QED) is 0.912. The maximum Gasteiger partial charge on any atom is 0.319 e. The van der Waals surface area contributed by atoms with Crippen LogP contribution in [0.2, 0.25) is 0 Å². The van der Waals surface area contributed by atoms with Crippen molar-refractivity contribution in [2.24, 2.45) is 0 Å². The van der Waals surface area contributed by atoms with E-state index in [4.69, 9.17) is 9.47 Å². The number of amides is 2. The van der Waals surface area contributed by atoms with Gasteiger partial charge in [-0.3, -0.25) is 0 Å². The van der Waals surface area contributed by atoms with Gasteiger partial charge in [0.2, 0.25) is 0 Å². The average Bonchev–Trinajstić information content (AvgIpc) is 2.61. The average molecular weight is 310 g/mol. The van der Waals surface area contributed by atoms with Crippen LogP contribution < -0.4 is 20.1 Å². The van der Waals surface area contributed by atoms with Crippen LogP contribution in [0.25, 0.3) is 5.70 Å². The lowest BCUT2D eigenvalue weighted by molar-refractivity contribution is 0.241. The lowest BCUT2D eigenvalue weighted by Crippen LogP contribution is -2.40. The van der Waals surface area contributed by atoms with Gasteiger partial charge < -0.3 is 20.1 Å². The Morgan fingerprint density at radius 3 is 2.48 bits per heavy atom. The largest absolute Gasteiger partial charge is 0.497 e. The zero-order valence-corrected chi connectivity index (χ0v) is 13.0. The van der Waals surface area contributed by atoms with E-state index >= 15 is 0 Å². The first-order valence-corrected chi connectivity index (χ1v) is 7.28. The summed E-state index contributed by atoms with van der Waals surface area (Å²) in [6.07, 6.45) is 1.97. The number of urea groups is 1. The number of hydrogen-bond donors (Lipinski definition) is 2. The van der Waals surface area contributed by atoms with Crippen molar-refractivity contribution in [1.29, 1.82) is 0 Å². The molecule has 0 fully saturated rings. The van der Waals surface area contributed by atoms with Crippen molar-refractivity contribution in [3.05, 3.63) is 65.7 Å². The van der Waals surface area contributed by atoms with Crippen molar-refractivity contribution >= 4 is 11.7 Å². The molecule has 2 aromatic carbocycles. The molecule has 1 aliphatic heterocycles. The van der Waals surface area contributed by atoms with E-state index in [0.29, 0.717) is 17.2 Å². The van der Waals surface area contributed by atoms with Gasteiger partial charge in [0.05, 0.1) is 26.0 Å². The smallest absolute Gasteiger partial charge is 0.319 e. The van der Waals surface area contributed by atoms with Crippen LogP contribution in [0, 0.1) is 0 Å². The van der Waals surface area contributed by atoms with Crippen LogP contribution in [0.4, 0.5) is 4.79 Å². The zero-order valence-electron chi connectivity index (χ0n) is 13.0. The normalized spacial score (nSPS) is 16.9. The molecule has 1 atom stereocenters. The first kappa shape index (κ1) is 15.0. The Hall–Kier alpha value is -2.95. The third kappa shape index (κ3) is 3.13. The summed E-state index contributed by atoms with van der Waals surface area (Å²) in [6.45, 7) is 0. The second kappa shape index (κ2) is 6.44. The van der Waals surface area contributed by atoms with Gasteiger partial charge in [0, 0.05) is 11.6 Å². The first-order valence-electron chi connectivity index (χ1n) is 7.28. The molecule has 1 heterocycles. The topological polar surface area (TPSA) is 59.6 Å². The first-order chi connectivity index (χ1) is 11.2. The third-order valence-electron chi connectivity index (χ3n) is 3.73. The van der Waals surface area contributed by atoms with Crippen LogP contribution in [-0.2, 0) is 0 Å². The van der Waals surface area contributed by atoms with Crippen molar-refractivity contribution in [2.75, 3.05) is 14.2 Å². The van der Waals surface area contributed by atoms with E-state index in [1.165, 1.54) is 0 Å². The van der Waals surface area contributed by atoms with Gasteiger partial charge in [0.25, 0.3) is 0 Å².